The van der Waals surface area contributed by atoms with Crippen molar-refractivity contribution in [3.05, 3.63) is 23.4 Å². The lowest BCUT2D eigenvalue weighted by atomic mass is 10.1. The molecule has 4 nitrogen and oxygen atoms in total. The summed E-state index contributed by atoms with van der Waals surface area (Å²) in [5, 5.41) is 3.56. The molecule has 21 heavy (non-hydrogen) atoms. The highest BCUT2D eigenvalue weighted by Crippen LogP contribution is 2.19. The molecule has 0 aromatic carbocycles. The standard InChI is InChI=1S/C17H30N4/c1-13-9-15(11-18-17(3,4)5)10-16(19-13)21-8-7-20(6)14(2)12-21/h9-10,14,18H,7-8,11-12H2,1-6H3. The molecular weight excluding hydrogens is 260 g/mol. The Bertz CT molecular complexity index is 478. The van der Waals surface area contributed by atoms with Crippen molar-refractivity contribution in [2.24, 2.45) is 0 Å². The van der Waals surface area contributed by atoms with Crippen LogP contribution < -0.4 is 10.2 Å². The van der Waals surface area contributed by atoms with Gasteiger partial charge in [0.25, 0.3) is 0 Å². The van der Waals surface area contributed by atoms with Crippen LogP contribution in [0.1, 0.15) is 39.0 Å². The van der Waals surface area contributed by atoms with E-state index in [0.717, 1.165) is 37.7 Å². The number of aromatic nitrogens is 1. The summed E-state index contributed by atoms with van der Waals surface area (Å²) in [4.78, 5) is 9.57. The van der Waals surface area contributed by atoms with Gasteiger partial charge in [0.1, 0.15) is 5.82 Å². The first kappa shape index (κ1) is 16.2. The van der Waals surface area contributed by atoms with Crippen LogP contribution in [0.5, 0.6) is 0 Å². The maximum Gasteiger partial charge on any atom is 0.129 e. The van der Waals surface area contributed by atoms with Crippen LogP contribution in [0.2, 0.25) is 0 Å². The number of aryl methyl sites for hydroxylation is 1. The van der Waals surface area contributed by atoms with Crippen LogP contribution in [0, 0.1) is 6.92 Å². The first-order valence-corrected chi connectivity index (χ1v) is 7.92. The first-order chi connectivity index (χ1) is 9.74. The third kappa shape index (κ3) is 4.68. The molecule has 2 rings (SSSR count). The zero-order valence-corrected chi connectivity index (χ0v) is 14.4. The van der Waals surface area contributed by atoms with Crippen molar-refractivity contribution < 1.29 is 0 Å². The summed E-state index contributed by atoms with van der Waals surface area (Å²) in [6.07, 6.45) is 0. The second-order valence-electron chi connectivity index (χ2n) is 7.35. The normalized spacial score (nSPS) is 20.9. The molecule has 1 aromatic rings. The number of pyridine rings is 1. The predicted octanol–water partition coefficient (Wildman–Crippen LogP) is 2.42. The molecule has 118 valence electrons. The molecule has 1 N–H and O–H groups in total. The molecule has 1 aliphatic heterocycles. The monoisotopic (exact) mass is 290 g/mol. The predicted molar refractivity (Wildman–Crippen MR) is 89.9 cm³/mol. The van der Waals surface area contributed by atoms with E-state index in [9.17, 15) is 0 Å². The fourth-order valence-corrected chi connectivity index (χ4v) is 2.61. The van der Waals surface area contributed by atoms with Gasteiger partial charge in [0.2, 0.25) is 0 Å². The SMILES string of the molecule is Cc1cc(CNC(C)(C)C)cc(N2CCN(C)C(C)C2)n1. The molecule has 1 aromatic heterocycles. The van der Waals surface area contributed by atoms with Gasteiger partial charge >= 0.3 is 0 Å². The van der Waals surface area contributed by atoms with Crippen LogP contribution in [-0.2, 0) is 6.54 Å². The van der Waals surface area contributed by atoms with Gasteiger partial charge in [0.15, 0.2) is 0 Å². The summed E-state index contributed by atoms with van der Waals surface area (Å²) in [6.45, 7) is 15.1. The molecule has 1 atom stereocenters. The average Bonchev–Trinajstić information content (AvgIpc) is 2.38. The largest absolute Gasteiger partial charge is 0.354 e. The minimum Gasteiger partial charge on any atom is -0.354 e. The highest BCUT2D eigenvalue weighted by molar-refractivity contribution is 5.43. The van der Waals surface area contributed by atoms with Crippen LogP contribution in [-0.4, -0.2) is 48.1 Å². The topological polar surface area (TPSA) is 31.4 Å². The van der Waals surface area contributed by atoms with Crippen molar-refractivity contribution in [1.82, 2.24) is 15.2 Å². The van der Waals surface area contributed by atoms with Crippen molar-refractivity contribution in [3.8, 4) is 0 Å². The van der Waals surface area contributed by atoms with Gasteiger partial charge in [-0.15, -0.1) is 0 Å². The van der Waals surface area contributed by atoms with Gasteiger partial charge in [-0.25, -0.2) is 4.98 Å². The van der Waals surface area contributed by atoms with E-state index in [1.807, 2.05) is 0 Å². The molecule has 0 radical (unpaired) electrons. The number of nitrogens with zero attached hydrogens (tertiary/aromatic N) is 3. The molecule has 1 fully saturated rings. The number of anilines is 1. The highest BCUT2D eigenvalue weighted by atomic mass is 15.3. The van der Waals surface area contributed by atoms with Crippen molar-refractivity contribution >= 4 is 5.82 Å². The van der Waals surface area contributed by atoms with Gasteiger partial charge in [-0.3, -0.25) is 0 Å². The number of rotatable bonds is 3. The van der Waals surface area contributed by atoms with Crippen molar-refractivity contribution in [1.29, 1.82) is 0 Å². The zero-order valence-electron chi connectivity index (χ0n) is 14.4. The Morgan fingerprint density at radius 2 is 2.00 bits per heavy atom. The van der Waals surface area contributed by atoms with Gasteiger partial charge in [-0.1, -0.05) is 0 Å². The van der Waals surface area contributed by atoms with Gasteiger partial charge < -0.3 is 15.1 Å². The number of hydrogen-bond donors (Lipinski definition) is 1. The second kappa shape index (κ2) is 6.32. The Morgan fingerprint density at radius 3 is 2.62 bits per heavy atom. The van der Waals surface area contributed by atoms with Crippen LogP contribution in [0.15, 0.2) is 12.1 Å². The Hall–Kier alpha value is -1.13. The quantitative estimate of drug-likeness (QED) is 0.926. The smallest absolute Gasteiger partial charge is 0.129 e. The second-order valence-corrected chi connectivity index (χ2v) is 7.35. The Balaban J connectivity index is 2.11. The van der Waals surface area contributed by atoms with Crippen LogP contribution in [0.3, 0.4) is 0 Å². The summed E-state index contributed by atoms with van der Waals surface area (Å²) in [7, 11) is 2.20. The lowest BCUT2D eigenvalue weighted by Gasteiger charge is -2.38. The minimum atomic E-state index is 0.139. The Morgan fingerprint density at radius 1 is 1.29 bits per heavy atom. The Kier molecular flexibility index (Phi) is 4.89. The van der Waals surface area contributed by atoms with E-state index in [1.165, 1.54) is 5.56 Å². The van der Waals surface area contributed by atoms with Gasteiger partial charge in [-0.05, 0) is 59.4 Å². The summed E-state index contributed by atoms with van der Waals surface area (Å²) in [6, 6.07) is 5.00. The molecule has 0 spiro atoms. The number of hydrogen-bond acceptors (Lipinski definition) is 4. The fraction of sp³-hybridized carbons (Fsp3) is 0.706. The molecule has 4 heteroatoms. The average molecular weight is 290 g/mol. The highest BCUT2D eigenvalue weighted by Gasteiger charge is 2.22. The summed E-state index contributed by atoms with van der Waals surface area (Å²) >= 11 is 0. The van der Waals surface area contributed by atoms with Crippen LogP contribution >= 0.6 is 0 Å². The maximum atomic E-state index is 4.74. The number of piperazine rings is 1. The molecule has 2 heterocycles. The zero-order chi connectivity index (χ0) is 15.6. The Labute approximate surface area is 129 Å². The third-order valence-corrected chi connectivity index (χ3v) is 4.11. The molecule has 0 bridgehead atoms. The first-order valence-electron chi connectivity index (χ1n) is 7.92. The summed E-state index contributed by atoms with van der Waals surface area (Å²) in [5.41, 5.74) is 2.56. The van der Waals surface area contributed by atoms with Gasteiger partial charge in [-0.2, -0.15) is 0 Å². The maximum absolute atomic E-state index is 4.74. The van der Waals surface area contributed by atoms with E-state index in [2.05, 4.69) is 68.9 Å². The van der Waals surface area contributed by atoms with Crippen LogP contribution in [0.25, 0.3) is 0 Å². The summed E-state index contributed by atoms with van der Waals surface area (Å²) in [5.74, 6) is 1.13. The van der Waals surface area contributed by atoms with E-state index < -0.39 is 0 Å². The fourth-order valence-electron chi connectivity index (χ4n) is 2.61. The van der Waals surface area contributed by atoms with Gasteiger partial charge in [0.05, 0.1) is 0 Å². The third-order valence-electron chi connectivity index (χ3n) is 4.11. The molecular formula is C17H30N4. The molecule has 0 saturated carbocycles. The van der Waals surface area contributed by atoms with Crippen molar-refractivity contribution in [2.75, 3.05) is 31.6 Å². The number of likely N-dealkylation sites (N-methyl/N-ethyl adjacent to an activating group) is 1. The number of nitrogens with one attached hydrogen (secondary N) is 1. The molecule has 1 unspecified atom stereocenters. The lowest BCUT2D eigenvalue weighted by Crippen LogP contribution is -2.50. The molecule has 0 amide bonds. The van der Waals surface area contributed by atoms with Crippen molar-refractivity contribution in [3.63, 3.8) is 0 Å². The van der Waals surface area contributed by atoms with E-state index in [1.54, 1.807) is 0 Å². The van der Waals surface area contributed by atoms with E-state index in [-0.39, 0.29) is 5.54 Å². The molecule has 0 aliphatic carbocycles. The van der Waals surface area contributed by atoms with Gasteiger partial charge in [0, 0.05) is 43.5 Å². The van der Waals surface area contributed by atoms with Crippen LogP contribution in [0.4, 0.5) is 5.82 Å². The lowest BCUT2D eigenvalue weighted by molar-refractivity contribution is 0.233. The minimum absolute atomic E-state index is 0.139. The molecule has 1 saturated heterocycles. The van der Waals surface area contributed by atoms with E-state index in [0.29, 0.717) is 6.04 Å². The summed E-state index contributed by atoms with van der Waals surface area (Å²) < 4.78 is 0. The molecule has 1 aliphatic rings. The van der Waals surface area contributed by atoms with E-state index in [4.69, 9.17) is 4.98 Å². The van der Waals surface area contributed by atoms with E-state index >= 15 is 0 Å². The van der Waals surface area contributed by atoms with Crippen molar-refractivity contribution in [2.45, 2.75) is 52.7 Å².